The van der Waals surface area contributed by atoms with Gasteiger partial charge in [0, 0.05) is 28.9 Å². The summed E-state index contributed by atoms with van der Waals surface area (Å²) in [5.41, 5.74) is 0.851. The summed E-state index contributed by atoms with van der Waals surface area (Å²) in [6.45, 7) is 0. The smallest absolute Gasteiger partial charge is 0.269 e. The van der Waals surface area contributed by atoms with E-state index in [0.29, 0.717) is 16.3 Å². The zero-order chi connectivity index (χ0) is 14.7. The number of hydrogen-bond acceptors (Lipinski definition) is 4. The summed E-state index contributed by atoms with van der Waals surface area (Å²) in [7, 11) is 0. The molecule has 2 aromatic carbocycles. The molecule has 0 unspecified atom stereocenters. The maximum absolute atomic E-state index is 10.5. The van der Waals surface area contributed by atoms with E-state index in [4.69, 9.17) is 23.2 Å². The van der Waals surface area contributed by atoms with Crippen molar-refractivity contribution in [3.05, 3.63) is 62.1 Å². The maximum atomic E-state index is 10.5. The van der Waals surface area contributed by atoms with Crippen LogP contribution in [0.25, 0.3) is 0 Å². The van der Waals surface area contributed by atoms with Crippen LogP contribution in [0, 0.1) is 10.1 Å². The average Bonchev–Trinajstić information content (AvgIpc) is 2.41. The van der Waals surface area contributed by atoms with Gasteiger partial charge in [0.05, 0.1) is 15.6 Å². The molecule has 0 aromatic heterocycles. The van der Waals surface area contributed by atoms with E-state index in [0.717, 1.165) is 0 Å². The zero-order valence-electron chi connectivity index (χ0n) is 9.96. The fourth-order valence-electron chi connectivity index (χ4n) is 1.49. The molecule has 0 fully saturated rings. The molecule has 0 aliphatic rings. The van der Waals surface area contributed by atoms with Gasteiger partial charge in [0.25, 0.3) is 5.69 Å². The van der Waals surface area contributed by atoms with Gasteiger partial charge in [0.15, 0.2) is 0 Å². The van der Waals surface area contributed by atoms with Crippen molar-refractivity contribution >= 4 is 40.8 Å². The molecule has 20 heavy (non-hydrogen) atoms. The molecule has 5 nitrogen and oxygen atoms in total. The standard InChI is InChI=1S/C13H8Cl2N2O3/c14-9-5-8(13(18)12(15)6-9)7-16-10-1-3-11(4-2-10)17(19)20/h1-7,18H. The van der Waals surface area contributed by atoms with Gasteiger partial charge in [-0.25, -0.2) is 0 Å². The van der Waals surface area contributed by atoms with Crippen molar-refractivity contribution in [1.29, 1.82) is 0 Å². The van der Waals surface area contributed by atoms with Gasteiger partial charge in [-0.2, -0.15) is 0 Å². The lowest BCUT2D eigenvalue weighted by Gasteiger charge is -2.02. The minimum Gasteiger partial charge on any atom is -0.506 e. The summed E-state index contributed by atoms with van der Waals surface area (Å²) in [5, 5.41) is 20.8. The minimum absolute atomic E-state index is 0.0161. The number of aliphatic imine (C=N–C) groups is 1. The SMILES string of the molecule is O=[N+]([O-])c1ccc(N=Cc2cc(Cl)cc(Cl)c2O)cc1. The molecule has 0 atom stereocenters. The Morgan fingerprint density at radius 3 is 2.45 bits per heavy atom. The van der Waals surface area contributed by atoms with Crippen molar-refractivity contribution in [2.24, 2.45) is 4.99 Å². The molecule has 0 bridgehead atoms. The number of phenols is 1. The van der Waals surface area contributed by atoms with E-state index in [9.17, 15) is 15.2 Å². The van der Waals surface area contributed by atoms with Gasteiger partial charge in [-0.1, -0.05) is 23.2 Å². The Morgan fingerprint density at radius 1 is 1.20 bits per heavy atom. The van der Waals surface area contributed by atoms with Crippen molar-refractivity contribution in [1.82, 2.24) is 0 Å². The summed E-state index contributed by atoms with van der Waals surface area (Å²) in [4.78, 5) is 14.1. The highest BCUT2D eigenvalue weighted by Gasteiger charge is 2.06. The normalized spacial score (nSPS) is 10.9. The van der Waals surface area contributed by atoms with Crippen molar-refractivity contribution < 1.29 is 10.0 Å². The first-order chi connectivity index (χ1) is 9.47. The molecule has 2 aromatic rings. The Kier molecular flexibility index (Phi) is 4.22. The Balaban J connectivity index is 2.27. The molecule has 0 aliphatic heterocycles. The molecule has 0 saturated carbocycles. The molecule has 102 valence electrons. The highest BCUT2D eigenvalue weighted by atomic mass is 35.5. The quantitative estimate of drug-likeness (QED) is 0.520. The van der Waals surface area contributed by atoms with Crippen LogP contribution in [0.5, 0.6) is 5.75 Å². The Morgan fingerprint density at radius 2 is 1.85 bits per heavy atom. The summed E-state index contributed by atoms with van der Waals surface area (Å²) in [6, 6.07) is 8.62. The number of benzene rings is 2. The molecule has 0 saturated heterocycles. The second-order valence-corrected chi connectivity index (χ2v) is 4.70. The van der Waals surface area contributed by atoms with Gasteiger partial charge in [-0.15, -0.1) is 0 Å². The molecular formula is C13H8Cl2N2O3. The van der Waals surface area contributed by atoms with E-state index in [2.05, 4.69) is 4.99 Å². The van der Waals surface area contributed by atoms with Crippen LogP contribution < -0.4 is 0 Å². The monoisotopic (exact) mass is 310 g/mol. The fraction of sp³-hybridized carbons (Fsp3) is 0. The third-order valence-corrected chi connectivity index (χ3v) is 2.98. The third-order valence-electron chi connectivity index (χ3n) is 2.47. The lowest BCUT2D eigenvalue weighted by molar-refractivity contribution is -0.384. The second-order valence-electron chi connectivity index (χ2n) is 3.86. The highest BCUT2D eigenvalue weighted by molar-refractivity contribution is 6.36. The fourth-order valence-corrected chi connectivity index (χ4v) is 2.00. The average molecular weight is 311 g/mol. The van der Waals surface area contributed by atoms with Crippen LogP contribution in [0.15, 0.2) is 41.4 Å². The van der Waals surface area contributed by atoms with Crippen molar-refractivity contribution in [2.45, 2.75) is 0 Å². The number of halogens is 2. The predicted octanol–water partition coefficient (Wildman–Crippen LogP) is 4.36. The topological polar surface area (TPSA) is 75.7 Å². The van der Waals surface area contributed by atoms with Crippen molar-refractivity contribution in [3.63, 3.8) is 0 Å². The molecule has 0 amide bonds. The van der Waals surface area contributed by atoms with E-state index < -0.39 is 4.92 Å². The molecule has 2 rings (SSSR count). The summed E-state index contributed by atoms with van der Waals surface area (Å²) < 4.78 is 0. The number of rotatable bonds is 3. The number of nitro groups is 1. The highest BCUT2D eigenvalue weighted by Crippen LogP contribution is 2.30. The van der Waals surface area contributed by atoms with Gasteiger partial charge in [-0.05, 0) is 24.3 Å². The number of nitro benzene ring substituents is 1. The van der Waals surface area contributed by atoms with E-state index >= 15 is 0 Å². The second kappa shape index (κ2) is 5.90. The van der Waals surface area contributed by atoms with E-state index in [1.165, 1.54) is 42.6 Å². The van der Waals surface area contributed by atoms with Crippen molar-refractivity contribution in [3.8, 4) is 5.75 Å². The lowest BCUT2D eigenvalue weighted by Crippen LogP contribution is -1.86. The number of phenolic OH excluding ortho intramolecular Hbond substituents is 1. The van der Waals surface area contributed by atoms with Crippen LogP contribution in [0.1, 0.15) is 5.56 Å². The summed E-state index contributed by atoms with van der Waals surface area (Å²) in [5.74, 6) is -0.123. The molecule has 7 heteroatoms. The number of hydrogen-bond donors (Lipinski definition) is 1. The Hall–Kier alpha value is -2.11. The van der Waals surface area contributed by atoms with E-state index in [-0.39, 0.29) is 16.5 Å². The molecule has 0 aliphatic carbocycles. The maximum Gasteiger partial charge on any atom is 0.269 e. The van der Waals surface area contributed by atoms with E-state index in [1.807, 2.05) is 0 Å². The first-order valence-corrected chi connectivity index (χ1v) is 6.19. The third kappa shape index (κ3) is 3.26. The lowest BCUT2D eigenvalue weighted by atomic mass is 10.2. The predicted molar refractivity (Wildman–Crippen MR) is 78.5 cm³/mol. The zero-order valence-corrected chi connectivity index (χ0v) is 11.5. The molecule has 1 N–H and O–H groups in total. The van der Waals surface area contributed by atoms with Crippen LogP contribution in [0.3, 0.4) is 0 Å². The van der Waals surface area contributed by atoms with Gasteiger partial charge in [0.1, 0.15) is 5.75 Å². The van der Waals surface area contributed by atoms with Gasteiger partial charge < -0.3 is 5.11 Å². The minimum atomic E-state index is -0.490. The van der Waals surface area contributed by atoms with E-state index in [1.54, 1.807) is 0 Å². The summed E-state index contributed by atoms with van der Waals surface area (Å²) >= 11 is 11.6. The largest absolute Gasteiger partial charge is 0.506 e. The number of nitrogens with zero attached hydrogens (tertiary/aromatic N) is 2. The van der Waals surface area contributed by atoms with Gasteiger partial charge >= 0.3 is 0 Å². The molecule has 0 heterocycles. The van der Waals surface area contributed by atoms with Crippen LogP contribution in [0.2, 0.25) is 10.0 Å². The number of non-ortho nitro benzene ring substituents is 1. The van der Waals surface area contributed by atoms with Crippen LogP contribution in [0.4, 0.5) is 11.4 Å². The van der Waals surface area contributed by atoms with Crippen molar-refractivity contribution in [2.75, 3.05) is 0 Å². The summed E-state index contributed by atoms with van der Waals surface area (Å²) in [6.07, 6.45) is 1.38. The van der Waals surface area contributed by atoms with Crippen LogP contribution in [-0.2, 0) is 0 Å². The Bertz CT molecular complexity index is 685. The van der Waals surface area contributed by atoms with Gasteiger partial charge in [0.2, 0.25) is 0 Å². The van der Waals surface area contributed by atoms with Crippen LogP contribution in [-0.4, -0.2) is 16.2 Å². The first-order valence-electron chi connectivity index (χ1n) is 5.44. The molecular weight excluding hydrogens is 303 g/mol. The van der Waals surface area contributed by atoms with Crippen LogP contribution >= 0.6 is 23.2 Å². The first kappa shape index (κ1) is 14.3. The Labute approximate surface area is 124 Å². The number of aromatic hydroxyl groups is 1. The molecule has 0 radical (unpaired) electrons. The molecule has 0 spiro atoms. The van der Waals surface area contributed by atoms with Gasteiger partial charge in [-0.3, -0.25) is 15.1 Å².